The Morgan fingerprint density at radius 1 is 1.75 bits per heavy atom. The van der Waals surface area contributed by atoms with Crippen LogP contribution in [0.2, 0.25) is 0 Å². The summed E-state index contributed by atoms with van der Waals surface area (Å²) in [6.45, 7) is 6.04. The predicted molar refractivity (Wildman–Crippen MR) is 47.8 cm³/mol. The molecule has 1 atom stereocenters. The number of hydrazone groups is 1. The van der Waals surface area contributed by atoms with Crippen LogP contribution < -0.4 is 5.73 Å². The molecule has 1 rings (SSSR count). The van der Waals surface area contributed by atoms with Gasteiger partial charge in [0.1, 0.15) is 0 Å². The van der Waals surface area contributed by atoms with E-state index < -0.39 is 6.03 Å². The highest BCUT2D eigenvalue weighted by atomic mass is 16.2. The predicted octanol–water partition coefficient (Wildman–Crippen LogP) is 1.17. The number of urea groups is 1. The Labute approximate surface area is 72.4 Å². The van der Waals surface area contributed by atoms with E-state index in [0.717, 1.165) is 12.1 Å². The van der Waals surface area contributed by atoms with Crippen LogP contribution >= 0.6 is 0 Å². The Balaban J connectivity index is 2.75. The number of carbonyl (C=O) groups is 1. The fourth-order valence-electron chi connectivity index (χ4n) is 1.42. The second-order valence-corrected chi connectivity index (χ2v) is 3.53. The third-order valence-electron chi connectivity index (χ3n) is 2.09. The number of nitrogens with two attached hydrogens (primary N) is 1. The van der Waals surface area contributed by atoms with Crippen LogP contribution in [-0.2, 0) is 0 Å². The SMILES string of the molecule is CC1=NN(C(N)=O)C(C(C)C)C1. The lowest BCUT2D eigenvalue weighted by Gasteiger charge is -2.22. The zero-order valence-electron chi connectivity index (χ0n) is 7.74. The molecule has 0 saturated carbocycles. The molecule has 1 unspecified atom stereocenters. The third-order valence-corrected chi connectivity index (χ3v) is 2.09. The zero-order chi connectivity index (χ0) is 9.30. The molecule has 0 aromatic heterocycles. The van der Waals surface area contributed by atoms with Gasteiger partial charge in [0.05, 0.1) is 6.04 Å². The number of amides is 2. The van der Waals surface area contributed by atoms with E-state index in [1.54, 1.807) is 0 Å². The average molecular weight is 169 g/mol. The molecular formula is C8H15N3O. The average Bonchev–Trinajstić information content (AvgIpc) is 2.31. The monoisotopic (exact) mass is 169 g/mol. The van der Waals surface area contributed by atoms with Crippen molar-refractivity contribution in [1.82, 2.24) is 5.01 Å². The van der Waals surface area contributed by atoms with E-state index in [-0.39, 0.29) is 6.04 Å². The minimum absolute atomic E-state index is 0.155. The van der Waals surface area contributed by atoms with Crippen molar-refractivity contribution in [2.75, 3.05) is 0 Å². The van der Waals surface area contributed by atoms with Gasteiger partial charge in [-0.25, -0.2) is 9.80 Å². The number of carbonyl (C=O) groups excluding carboxylic acids is 1. The van der Waals surface area contributed by atoms with Crippen LogP contribution in [0, 0.1) is 5.92 Å². The highest BCUT2D eigenvalue weighted by molar-refractivity contribution is 5.87. The van der Waals surface area contributed by atoms with E-state index in [1.807, 2.05) is 6.92 Å². The Morgan fingerprint density at radius 3 is 2.67 bits per heavy atom. The van der Waals surface area contributed by atoms with Crippen molar-refractivity contribution in [3.63, 3.8) is 0 Å². The summed E-state index contributed by atoms with van der Waals surface area (Å²) in [5, 5.41) is 5.46. The molecule has 4 nitrogen and oxygen atoms in total. The molecule has 0 aromatic carbocycles. The Kier molecular flexibility index (Phi) is 2.35. The largest absolute Gasteiger partial charge is 0.350 e. The number of primary amides is 1. The van der Waals surface area contributed by atoms with Gasteiger partial charge in [-0.15, -0.1) is 0 Å². The van der Waals surface area contributed by atoms with E-state index in [2.05, 4.69) is 18.9 Å². The van der Waals surface area contributed by atoms with Gasteiger partial charge in [-0.05, 0) is 12.8 Å². The number of rotatable bonds is 1. The van der Waals surface area contributed by atoms with Crippen molar-refractivity contribution in [3.8, 4) is 0 Å². The van der Waals surface area contributed by atoms with Crippen molar-refractivity contribution >= 4 is 11.7 Å². The Morgan fingerprint density at radius 2 is 2.33 bits per heavy atom. The van der Waals surface area contributed by atoms with Crippen LogP contribution in [0.1, 0.15) is 27.2 Å². The van der Waals surface area contributed by atoms with E-state index in [9.17, 15) is 4.79 Å². The molecule has 0 fully saturated rings. The summed E-state index contributed by atoms with van der Waals surface area (Å²) < 4.78 is 0. The fourth-order valence-corrected chi connectivity index (χ4v) is 1.42. The Bertz CT molecular complexity index is 222. The van der Waals surface area contributed by atoms with Crippen molar-refractivity contribution in [2.24, 2.45) is 16.8 Å². The molecule has 0 aromatic rings. The summed E-state index contributed by atoms with van der Waals surface area (Å²) >= 11 is 0. The Hall–Kier alpha value is -1.06. The molecule has 0 aliphatic carbocycles. The van der Waals surface area contributed by atoms with E-state index in [1.165, 1.54) is 5.01 Å². The lowest BCUT2D eigenvalue weighted by Crippen LogP contribution is -2.39. The molecular weight excluding hydrogens is 154 g/mol. The highest BCUT2D eigenvalue weighted by Gasteiger charge is 2.30. The van der Waals surface area contributed by atoms with Crippen LogP contribution in [0.3, 0.4) is 0 Å². The molecule has 0 spiro atoms. The van der Waals surface area contributed by atoms with Gasteiger partial charge in [-0.3, -0.25) is 0 Å². The van der Waals surface area contributed by atoms with Crippen molar-refractivity contribution < 1.29 is 4.79 Å². The van der Waals surface area contributed by atoms with E-state index in [0.29, 0.717) is 5.92 Å². The number of hydrogen-bond acceptors (Lipinski definition) is 2. The first-order valence-corrected chi connectivity index (χ1v) is 4.15. The first-order valence-electron chi connectivity index (χ1n) is 4.15. The molecule has 12 heavy (non-hydrogen) atoms. The van der Waals surface area contributed by atoms with Crippen LogP contribution in [0.5, 0.6) is 0 Å². The maximum Gasteiger partial charge on any atom is 0.335 e. The lowest BCUT2D eigenvalue weighted by molar-refractivity contribution is 0.179. The summed E-state index contributed by atoms with van der Waals surface area (Å²) in [4.78, 5) is 10.9. The minimum atomic E-state index is -0.453. The van der Waals surface area contributed by atoms with Gasteiger partial charge in [-0.2, -0.15) is 5.10 Å². The molecule has 4 heteroatoms. The molecule has 2 N–H and O–H groups in total. The van der Waals surface area contributed by atoms with Gasteiger partial charge in [0, 0.05) is 12.1 Å². The second-order valence-electron chi connectivity index (χ2n) is 3.53. The number of hydrogen-bond donors (Lipinski definition) is 1. The van der Waals surface area contributed by atoms with Gasteiger partial charge in [0.15, 0.2) is 0 Å². The smallest absolute Gasteiger partial charge is 0.335 e. The quantitative estimate of drug-likeness (QED) is 0.629. The molecule has 2 amide bonds. The lowest BCUT2D eigenvalue weighted by atomic mass is 10.00. The van der Waals surface area contributed by atoms with Gasteiger partial charge in [0.2, 0.25) is 0 Å². The van der Waals surface area contributed by atoms with Crippen LogP contribution in [0.4, 0.5) is 4.79 Å². The van der Waals surface area contributed by atoms with Gasteiger partial charge in [-0.1, -0.05) is 13.8 Å². The number of nitrogens with zero attached hydrogens (tertiary/aromatic N) is 2. The van der Waals surface area contributed by atoms with Gasteiger partial charge < -0.3 is 5.73 Å². The van der Waals surface area contributed by atoms with Gasteiger partial charge >= 0.3 is 6.03 Å². The van der Waals surface area contributed by atoms with Crippen LogP contribution in [0.15, 0.2) is 5.10 Å². The summed E-state index contributed by atoms with van der Waals surface area (Å²) in [7, 11) is 0. The second kappa shape index (κ2) is 3.13. The van der Waals surface area contributed by atoms with E-state index >= 15 is 0 Å². The van der Waals surface area contributed by atoms with Crippen molar-refractivity contribution in [1.29, 1.82) is 0 Å². The first-order chi connectivity index (χ1) is 5.52. The molecule has 0 saturated heterocycles. The van der Waals surface area contributed by atoms with Gasteiger partial charge in [0.25, 0.3) is 0 Å². The standard InChI is InChI=1S/C8H15N3O/c1-5(2)7-4-6(3)10-11(7)8(9)12/h5,7H,4H2,1-3H3,(H2,9,12). The molecule has 0 radical (unpaired) electrons. The third kappa shape index (κ3) is 1.57. The summed E-state index contributed by atoms with van der Waals surface area (Å²) in [6, 6.07) is -0.298. The van der Waals surface area contributed by atoms with Crippen molar-refractivity contribution in [2.45, 2.75) is 33.2 Å². The topological polar surface area (TPSA) is 58.7 Å². The molecule has 1 aliphatic heterocycles. The van der Waals surface area contributed by atoms with Crippen molar-refractivity contribution in [3.05, 3.63) is 0 Å². The maximum atomic E-state index is 10.9. The normalized spacial score (nSPS) is 23.2. The summed E-state index contributed by atoms with van der Waals surface area (Å²) in [5.41, 5.74) is 6.15. The summed E-state index contributed by atoms with van der Waals surface area (Å²) in [5.74, 6) is 0.402. The summed E-state index contributed by atoms with van der Waals surface area (Å²) in [6.07, 6.45) is 0.848. The molecule has 1 heterocycles. The minimum Gasteiger partial charge on any atom is -0.350 e. The molecule has 68 valence electrons. The molecule has 1 aliphatic rings. The first kappa shape index (κ1) is 9.03. The van der Waals surface area contributed by atoms with Crippen LogP contribution in [0.25, 0.3) is 0 Å². The van der Waals surface area contributed by atoms with Crippen LogP contribution in [-0.4, -0.2) is 22.8 Å². The zero-order valence-corrected chi connectivity index (χ0v) is 7.74. The highest BCUT2D eigenvalue weighted by Crippen LogP contribution is 2.21. The fraction of sp³-hybridized carbons (Fsp3) is 0.750. The molecule has 0 bridgehead atoms. The van der Waals surface area contributed by atoms with E-state index in [4.69, 9.17) is 5.73 Å². The maximum absolute atomic E-state index is 10.9.